The molecule has 2 aromatic carbocycles. The first-order chi connectivity index (χ1) is 10.7. The van der Waals surface area contributed by atoms with Crippen LogP contribution in [0.15, 0.2) is 59.8 Å². The van der Waals surface area contributed by atoms with E-state index >= 15 is 0 Å². The molecule has 0 aliphatic heterocycles. The van der Waals surface area contributed by atoms with E-state index in [0.29, 0.717) is 15.9 Å². The summed E-state index contributed by atoms with van der Waals surface area (Å²) in [4.78, 5) is 12.1. The van der Waals surface area contributed by atoms with Crippen LogP contribution in [0.2, 0.25) is 5.02 Å². The maximum Gasteiger partial charge on any atom is 0.291 e. The number of rotatable bonds is 3. The number of carbonyl (C=O) groups is 1. The van der Waals surface area contributed by atoms with Crippen LogP contribution < -0.4 is 5.32 Å². The molecule has 0 bridgehead atoms. The molecule has 0 saturated carbocycles. The van der Waals surface area contributed by atoms with Crippen LogP contribution in [0.3, 0.4) is 0 Å². The average Bonchev–Trinajstić information content (AvgIpc) is 2.96. The highest BCUT2D eigenvalue weighted by Crippen LogP contribution is 2.22. The normalized spacial score (nSPS) is 10.4. The molecule has 1 amide bonds. The van der Waals surface area contributed by atoms with Crippen molar-refractivity contribution in [2.45, 2.75) is 5.16 Å². The van der Waals surface area contributed by atoms with Gasteiger partial charge in [0.2, 0.25) is 5.16 Å². The molecule has 3 rings (SSSR count). The Morgan fingerprint density at radius 2 is 1.95 bits per heavy atom. The van der Waals surface area contributed by atoms with Crippen LogP contribution in [-0.2, 0) is 0 Å². The minimum absolute atomic E-state index is 0.297. The zero-order valence-corrected chi connectivity index (χ0v) is 12.8. The fraction of sp³-hybridized carbons (Fsp3) is 0. The van der Waals surface area contributed by atoms with E-state index in [0.717, 1.165) is 17.4 Å². The lowest BCUT2D eigenvalue weighted by Gasteiger charge is -2.05. The van der Waals surface area contributed by atoms with Crippen LogP contribution in [-0.4, -0.2) is 25.4 Å². The lowest BCUT2D eigenvalue weighted by Crippen LogP contribution is -2.07. The van der Waals surface area contributed by atoms with E-state index in [2.05, 4.69) is 20.8 Å². The second-order valence-corrected chi connectivity index (χ2v) is 5.61. The summed E-state index contributed by atoms with van der Waals surface area (Å²) in [5.41, 5.74) is 1.40. The van der Waals surface area contributed by atoms with Crippen molar-refractivity contribution in [3.05, 3.63) is 59.6 Å². The van der Waals surface area contributed by atoms with Gasteiger partial charge in [0.15, 0.2) is 0 Å². The molecule has 1 heterocycles. The van der Waals surface area contributed by atoms with Crippen molar-refractivity contribution < 1.29 is 4.79 Å². The SMILES string of the molecule is O=C(Nc1cccc(Cl)c1)Sc1nnnn1-c1ccccc1. The van der Waals surface area contributed by atoms with Crippen molar-refractivity contribution in [1.82, 2.24) is 20.2 Å². The minimum Gasteiger partial charge on any atom is -0.316 e. The lowest BCUT2D eigenvalue weighted by molar-refractivity contribution is 0.269. The Bertz CT molecular complexity index is 793. The Kier molecular flexibility index (Phi) is 4.36. The number of aromatic nitrogens is 4. The van der Waals surface area contributed by atoms with Gasteiger partial charge in [0.1, 0.15) is 0 Å². The van der Waals surface area contributed by atoms with Gasteiger partial charge >= 0.3 is 0 Å². The molecule has 6 nitrogen and oxygen atoms in total. The van der Waals surface area contributed by atoms with Crippen LogP contribution in [0.1, 0.15) is 0 Å². The number of amides is 1. The Hall–Kier alpha value is -2.38. The topological polar surface area (TPSA) is 72.7 Å². The summed E-state index contributed by atoms with van der Waals surface area (Å²) in [6.45, 7) is 0. The van der Waals surface area contributed by atoms with Crippen LogP contribution in [0.5, 0.6) is 0 Å². The van der Waals surface area contributed by atoms with Gasteiger partial charge in [-0.25, -0.2) is 0 Å². The zero-order valence-electron chi connectivity index (χ0n) is 11.2. The van der Waals surface area contributed by atoms with Crippen LogP contribution in [0, 0.1) is 0 Å². The average molecular weight is 332 g/mol. The molecule has 1 aromatic heterocycles. The van der Waals surface area contributed by atoms with Gasteiger partial charge in [-0.15, -0.1) is 5.10 Å². The number of anilines is 1. The first-order valence-corrected chi connectivity index (χ1v) is 7.50. The summed E-state index contributed by atoms with van der Waals surface area (Å²) < 4.78 is 1.50. The van der Waals surface area contributed by atoms with Crippen molar-refractivity contribution >= 4 is 34.3 Å². The monoisotopic (exact) mass is 331 g/mol. The molecule has 0 saturated heterocycles. The van der Waals surface area contributed by atoms with Crippen molar-refractivity contribution in [2.24, 2.45) is 0 Å². The molecule has 22 heavy (non-hydrogen) atoms. The fourth-order valence-electron chi connectivity index (χ4n) is 1.77. The highest BCUT2D eigenvalue weighted by Gasteiger charge is 2.14. The quantitative estimate of drug-likeness (QED) is 0.742. The number of carbonyl (C=O) groups excluding carboxylic acids is 1. The standard InChI is InChI=1S/C14H10ClN5OS/c15-10-5-4-6-11(9-10)16-14(21)22-13-17-18-19-20(13)12-7-2-1-3-8-12/h1-9H,(H,16,21). The van der Waals surface area contributed by atoms with Gasteiger partial charge in [-0.05, 0) is 40.8 Å². The Morgan fingerprint density at radius 1 is 1.14 bits per heavy atom. The summed E-state index contributed by atoms with van der Waals surface area (Å²) in [6, 6.07) is 16.3. The first kappa shape index (κ1) is 14.6. The van der Waals surface area contributed by atoms with E-state index in [9.17, 15) is 4.79 Å². The van der Waals surface area contributed by atoms with Gasteiger partial charge in [0.05, 0.1) is 5.69 Å². The summed E-state index contributed by atoms with van der Waals surface area (Å²) in [5, 5.41) is 14.7. The predicted molar refractivity (Wildman–Crippen MR) is 85.5 cm³/mol. The molecule has 0 aliphatic carbocycles. The Balaban J connectivity index is 1.74. The van der Waals surface area contributed by atoms with E-state index in [1.807, 2.05) is 30.3 Å². The number of tetrazole rings is 1. The van der Waals surface area contributed by atoms with Gasteiger partial charge in [-0.1, -0.05) is 35.9 Å². The maximum absolute atomic E-state index is 12.1. The largest absolute Gasteiger partial charge is 0.316 e. The maximum atomic E-state index is 12.1. The third-order valence-corrected chi connectivity index (χ3v) is 3.66. The predicted octanol–water partition coefficient (Wildman–Crippen LogP) is 3.64. The zero-order chi connectivity index (χ0) is 15.4. The summed E-state index contributed by atoms with van der Waals surface area (Å²) in [6.07, 6.45) is 0. The summed E-state index contributed by atoms with van der Waals surface area (Å²) in [5.74, 6) is 0. The first-order valence-electron chi connectivity index (χ1n) is 6.30. The Morgan fingerprint density at radius 3 is 2.73 bits per heavy atom. The number of para-hydroxylation sites is 1. The van der Waals surface area contributed by atoms with E-state index in [1.54, 1.807) is 24.3 Å². The smallest absolute Gasteiger partial charge is 0.291 e. The summed E-state index contributed by atoms with van der Waals surface area (Å²) in [7, 11) is 0. The van der Waals surface area contributed by atoms with Crippen molar-refractivity contribution in [3.8, 4) is 5.69 Å². The number of hydrogen-bond acceptors (Lipinski definition) is 5. The van der Waals surface area contributed by atoms with Crippen LogP contribution in [0.25, 0.3) is 5.69 Å². The number of hydrogen-bond donors (Lipinski definition) is 1. The van der Waals surface area contributed by atoms with Gasteiger partial charge in [-0.3, -0.25) is 4.79 Å². The minimum atomic E-state index is -0.297. The number of halogens is 1. The molecule has 1 N–H and O–H groups in total. The van der Waals surface area contributed by atoms with E-state index in [-0.39, 0.29) is 5.24 Å². The van der Waals surface area contributed by atoms with E-state index < -0.39 is 0 Å². The number of thioether (sulfide) groups is 1. The van der Waals surface area contributed by atoms with E-state index in [4.69, 9.17) is 11.6 Å². The molecule has 3 aromatic rings. The third kappa shape index (κ3) is 3.44. The Labute approximate surface area is 135 Å². The molecular weight excluding hydrogens is 322 g/mol. The van der Waals surface area contributed by atoms with Gasteiger partial charge in [0.25, 0.3) is 5.24 Å². The van der Waals surface area contributed by atoms with Gasteiger partial charge in [0, 0.05) is 22.5 Å². The van der Waals surface area contributed by atoms with Crippen molar-refractivity contribution in [3.63, 3.8) is 0 Å². The molecule has 0 radical (unpaired) electrons. The number of benzene rings is 2. The van der Waals surface area contributed by atoms with E-state index in [1.165, 1.54) is 4.68 Å². The molecule has 0 aliphatic rings. The molecule has 0 atom stereocenters. The molecule has 0 unspecified atom stereocenters. The number of nitrogens with one attached hydrogen (secondary N) is 1. The number of nitrogens with zero attached hydrogens (tertiary/aromatic N) is 4. The summed E-state index contributed by atoms with van der Waals surface area (Å²) >= 11 is 6.79. The highest BCUT2D eigenvalue weighted by molar-refractivity contribution is 8.13. The lowest BCUT2D eigenvalue weighted by atomic mass is 10.3. The molecule has 8 heteroatoms. The fourth-order valence-corrected chi connectivity index (χ4v) is 2.60. The molecule has 0 fully saturated rings. The molecule has 110 valence electrons. The highest BCUT2D eigenvalue weighted by atomic mass is 35.5. The molecular formula is C14H10ClN5OS. The van der Waals surface area contributed by atoms with Crippen LogP contribution >= 0.6 is 23.4 Å². The van der Waals surface area contributed by atoms with Gasteiger partial charge in [-0.2, -0.15) is 4.68 Å². The van der Waals surface area contributed by atoms with Gasteiger partial charge < -0.3 is 5.32 Å². The second kappa shape index (κ2) is 6.59. The van der Waals surface area contributed by atoms with Crippen LogP contribution in [0.4, 0.5) is 10.5 Å². The second-order valence-electron chi connectivity index (χ2n) is 4.23. The van der Waals surface area contributed by atoms with Crippen molar-refractivity contribution in [2.75, 3.05) is 5.32 Å². The third-order valence-electron chi connectivity index (χ3n) is 2.70. The molecule has 0 spiro atoms. The van der Waals surface area contributed by atoms with Crippen molar-refractivity contribution in [1.29, 1.82) is 0 Å².